The Morgan fingerprint density at radius 2 is 2.11 bits per heavy atom. The van der Waals surface area contributed by atoms with Gasteiger partial charge in [0.05, 0.1) is 6.10 Å². The molecule has 18 heavy (non-hydrogen) atoms. The number of halogens is 3. The third-order valence-electron chi connectivity index (χ3n) is 2.61. The SMILES string of the molecule is O=C(NCC1OB(O)c2ccccc21)C(F)(F)F. The highest BCUT2D eigenvalue weighted by Crippen LogP contribution is 2.23. The zero-order valence-electron chi connectivity index (χ0n) is 9.07. The monoisotopic (exact) mass is 259 g/mol. The van der Waals surface area contributed by atoms with E-state index in [0.29, 0.717) is 11.0 Å². The second kappa shape index (κ2) is 4.62. The van der Waals surface area contributed by atoms with Gasteiger partial charge in [-0.3, -0.25) is 4.79 Å². The van der Waals surface area contributed by atoms with E-state index >= 15 is 0 Å². The first kappa shape index (κ1) is 12.9. The van der Waals surface area contributed by atoms with Crippen LogP contribution in [0.4, 0.5) is 13.2 Å². The van der Waals surface area contributed by atoms with Crippen LogP contribution in [-0.4, -0.2) is 30.8 Å². The van der Waals surface area contributed by atoms with E-state index in [1.54, 1.807) is 29.6 Å². The van der Waals surface area contributed by atoms with Crippen molar-refractivity contribution >= 4 is 18.5 Å². The number of hydrogen-bond donors (Lipinski definition) is 2. The van der Waals surface area contributed by atoms with Gasteiger partial charge in [0.2, 0.25) is 0 Å². The van der Waals surface area contributed by atoms with E-state index in [9.17, 15) is 23.0 Å². The van der Waals surface area contributed by atoms with Crippen LogP contribution in [0, 0.1) is 0 Å². The van der Waals surface area contributed by atoms with Gasteiger partial charge in [0.1, 0.15) is 0 Å². The van der Waals surface area contributed by atoms with Gasteiger partial charge in [0.25, 0.3) is 0 Å². The Labute approximate surface area is 101 Å². The molecule has 0 aromatic heterocycles. The number of rotatable bonds is 2. The molecule has 0 bridgehead atoms. The van der Waals surface area contributed by atoms with Crippen molar-refractivity contribution in [2.24, 2.45) is 0 Å². The number of benzene rings is 1. The highest BCUT2D eigenvalue weighted by molar-refractivity contribution is 6.61. The minimum absolute atomic E-state index is 0.341. The number of carbonyl (C=O) groups is 1. The summed E-state index contributed by atoms with van der Waals surface area (Å²) in [6, 6.07) is 6.61. The lowest BCUT2D eigenvalue weighted by Gasteiger charge is -2.14. The molecule has 1 unspecified atom stereocenters. The van der Waals surface area contributed by atoms with Crippen LogP contribution < -0.4 is 10.8 Å². The van der Waals surface area contributed by atoms with Crippen LogP contribution in [0.3, 0.4) is 0 Å². The fraction of sp³-hybridized carbons (Fsp3) is 0.300. The summed E-state index contributed by atoms with van der Waals surface area (Å²) in [5.41, 5.74) is 1.08. The Bertz CT molecular complexity index is 466. The summed E-state index contributed by atoms with van der Waals surface area (Å²) in [6.45, 7) is -0.341. The third-order valence-corrected chi connectivity index (χ3v) is 2.61. The summed E-state index contributed by atoms with van der Waals surface area (Å²) < 4.78 is 41.0. The zero-order chi connectivity index (χ0) is 13.3. The Hall–Kier alpha value is -1.54. The highest BCUT2D eigenvalue weighted by atomic mass is 19.4. The molecule has 2 N–H and O–H groups in total. The molecule has 1 aromatic rings. The van der Waals surface area contributed by atoms with Gasteiger partial charge in [-0.1, -0.05) is 24.3 Å². The van der Waals surface area contributed by atoms with E-state index in [1.165, 1.54) is 0 Å². The number of alkyl halides is 3. The highest BCUT2D eigenvalue weighted by Gasteiger charge is 2.40. The molecule has 1 heterocycles. The molecule has 96 valence electrons. The Morgan fingerprint density at radius 1 is 1.44 bits per heavy atom. The molecule has 2 rings (SSSR count). The van der Waals surface area contributed by atoms with Gasteiger partial charge in [-0.2, -0.15) is 13.2 Å². The van der Waals surface area contributed by atoms with E-state index in [-0.39, 0.29) is 6.54 Å². The van der Waals surface area contributed by atoms with E-state index in [4.69, 9.17) is 4.65 Å². The maximum absolute atomic E-state index is 12.0. The second-order valence-corrected chi connectivity index (χ2v) is 3.81. The predicted molar refractivity (Wildman–Crippen MR) is 56.9 cm³/mol. The second-order valence-electron chi connectivity index (χ2n) is 3.81. The topological polar surface area (TPSA) is 58.6 Å². The number of hydrogen-bond acceptors (Lipinski definition) is 3. The molecular weight excluding hydrogens is 250 g/mol. The van der Waals surface area contributed by atoms with Crippen molar-refractivity contribution in [3.8, 4) is 0 Å². The molecule has 0 radical (unpaired) electrons. The first-order valence-electron chi connectivity index (χ1n) is 5.17. The Kier molecular flexibility index (Phi) is 3.31. The van der Waals surface area contributed by atoms with Crippen molar-refractivity contribution in [3.05, 3.63) is 29.8 Å². The van der Waals surface area contributed by atoms with Crippen LogP contribution in [0.1, 0.15) is 11.7 Å². The average molecular weight is 259 g/mol. The van der Waals surface area contributed by atoms with Gasteiger partial charge in [0, 0.05) is 6.54 Å². The van der Waals surface area contributed by atoms with Crippen molar-refractivity contribution in [2.75, 3.05) is 6.54 Å². The minimum Gasteiger partial charge on any atom is -0.423 e. The lowest BCUT2D eigenvalue weighted by Crippen LogP contribution is -2.39. The fourth-order valence-corrected chi connectivity index (χ4v) is 1.77. The zero-order valence-corrected chi connectivity index (χ0v) is 9.07. The standard InChI is InChI=1S/C10H9BF3NO3/c12-10(13,14)9(16)15-5-8-6-3-1-2-4-7(6)11(17)18-8/h1-4,8,17H,5H2,(H,15,16). The number of fused-ring (bicyclic) bond motifs is 1. The lowest BCUT2D eigenvalue weighted by molar-refractivity contribution is -0.173. The summed E-state index contributed by atoms with van der Waals surface area (Å²) in [6.07, 6.45) is -5.70. The van der Waals surface area contributed by atoms with Gasteiger partial charge >= 0.3 is 19.2 Å². The van der Waals surface area contributed by atoms with Crippen molar-refractivity contribution in [3.63, 3.8) is 0 Å². The molecular formula is C10H9BF3NO3. The molecule has 0 saturated carbocycles. The predicted octanol–water partition coefficient (Wildman–Crippen LogP) is 0.124. The van der Waals surface area contributed by atoms with Crippen LogP contribution in [-0.2, 0) is 9.45 Å². The molecule has 8 heteroatoms. The van der Waals surface area contributed by atoms with Gasteiger partial charge < -0.3 is 15.0 Å². The average Bonchev–Trinajstić information content (AvgIpc) is 2.63. The molecule has 1 atom stereocenters. The number of carbonyl (C=O) groups excluding carboxylic acids is 1. The van der Waals surface area contributed by atoms with E-state index < -0.39 is 25.3 Å². The smallest absolute Gasteiger partial charge is 0.423 e. The largest absolute Gasteiger partial charge is 0.492 e. The van der Waals surface area contributed by atoms with Crippen molar-refractivity contribution in [2.45, 2.75) is 12.3 Å². The van der Waals surface area contributed by atoms with Crippen molar-refractivity contribution < 1.29 is 27.6 Å². The first-order chi connectivity index (χ1) is 8.39. The summed E-state index contributed by atoms with van der Waals surface area (Å²) >= 11 is 0. The van der Waals surface area contributed by atoms with Crippen molar-refractivity contribution in [1.82, 2.24) is 5.32 Å². The van der Waals surface area contributed by atoms with E-state index in [0.717, 1.165) is 0 Å². The van der Waals surface area contributed by atoms with Crippen LogP contribution in [0.2, 0.25) is 0 Å². The van der Waals surface area contributed by atoms with Gasteiger partial charge in [-0.15, -0.1) is 0 Å². The molecule has 1 amide bonds. The molecule has 1 aliphatic rings. The fourth-order valence-electron chi connectivity index (χ4n) is 1.77. The molecule has 0 saturated heterocycles. The van der Waals surface area contributed by atoms with Gasteiger partial charge in [0.15, 0.2) is 0 Å². The van der Waals surface area contributed by atoms with Crippen LogP contribution in [0.5, 0.6) is 0 Å². The van der Waals surface area contributed by atoms with Crippen LogP contribution in [0.25, 0.3) is 0 Å². The molecule has 0 aliphatic carbocycles. The van der Waals surface area contributed by atoms with Crippen LogP contribution >= 0.6 is 0 Å². The number of nitrogens with one attached hydrogen (secondary N) is 1. The van der Waals surface area contributed by atoms with Gasteiger partial charge in [-0.25, -0.2) is 0 Å². The van der Waals surface area contributed by atoms with E-state index in [2.05, 4.69) is 0 Å². The van der Waals surface area contributed by atoms with Crippen LogP contribution in [0.15, 0.2) is 24.3 Å². The summed E-state index contributed by atoms with van der Waals surface area (Å²) in [5.74, 6) is -2.02. The Morgan fingerprint density at radius 3 is 2.78 bits per heavy atom. The number of amides is 1. The molecule has 4 nitrogen and oxygen atoms in total. The molecule has 1 aromatic carbocycles. The minimum atomic E-state index is -4.92. The Balaban J connectivity index is 2.03. The normalized spacial score (nSPS) is 18.7. The van der Waals surface area contributed by atoms with E-state index in [1.807, 2.05) is 0 Å². The maximum Gasteiger partial charge on any atom is 0.492 e. The van der Waals surface area contributed by atoms with Crippen molar-refractivity contribution in [1.29, 1.82) is 0 Å². The summed E-state index contributed by atoms with van der Waals surface area (Å²) in [4.78, 5) is 10.7. The summed E-state index contributed by atoms with van der Waals surface area (Å²) in [5, 5.41) is 11.2. The molecule has 0 fully saturated rings. The first-order valence-corrected chi connectivity index (χ1v) is 5.17. The maximum atomic E-state index is 12.0. The lowest BCUT2D eigenvalue weighted by atomic mass is 9.79. The van der Waals surface area contributed by atoms with Gasteiger partial charge in [-0.05, 0) is 11.0 Å². The molecule has 0 spiro atoms. The molecule has 1 aliphatic heterocycles. The third kappa shape index (κ3) is 2.49. The summed E-state index contributed by atoms with van der Waals surface area (Å²) in [7, 11) is -1.17. The quantitative estimate of drug-likeness (QED) is 0.742.